The summed E-state index contributed by atoms with van der Waals surface area (Å²) in [5.41, 5.74) is 1.62. The Morgan fingerprint density at radius 3 is 2.49 bits per heavy atom. The van der Waals surface area contributed by atoms with Crippen LogP contribution in [0.15, 0.2) is 44.3 Å². The molecule has 0 aliphatic carbocycles. The monoisotopic (exact) mass is 511 g/mol. The van der Waals surface area contributed by atoms with Gasteiger partial charge < -0.3 is 9.47 Å². The molecule has 1 saturated heterocycles. The summed E-state index contributed by atoms with van der Waals surface area (Å²) in [7, 11) is 3.20. The van der Waals surface area contributed by atoms with Crippen LogP contribution in [0.25, 0.3) is 11.2 Å². The van der Waals surface area contributed by atoms with Crippen LogP contribution in [0.1, 0.15) is 23.4 Å². The largest absolute Gasteiger partial charge is 0.342 e. The normalized spacial score (nSPS) is 14.8. The van der Waals surface area contributed by atoms with Crippen molar-refractivity contribution in [2.24, 2.45) is 20.0 Å². The summed E-state index contributed by atoms with van der Waals surface area (Å²) >= 11 is 3.19. The number of nitrogens with zero attached hydrogens (tertiary/aromatic N) is 7. The highest BCUT2D eigenvalue weighted by Crippen LogP contribution is 2.28. The van der Waals surface area contributed by atoms with E-state index in [1.807, 2.05) is 11.5 Å². The summed E-state index contributed by atoms with van der Waals surface area (Å²) in [5.74, 6) is 2.12. The Kier molecular flexibility index (Phi) is 6.79. The van der Waals surface area contributed by atoms with Gasteiger partial charge in [-0.3, -0.25) is 13.9 Å². The molecule has 0 atom stereocenters. The lowest BCUT2D eigenvalue weighted by Gasteiger charge is -2.33. The molecule has 0 radical (unpaired) electrons. The maximum atomic E-state index is 13.2. The predicted molar refractivity (Wildman–Crippen MR) is 141 cm³/mol. The van der Waals surface area contributed by atoms with Crippen molar-refractivity contribution in [3.05, 3.63) is 61.7 Å². The van der Waals surface area contributed by atoms with Crippen molar-refractivity contribution in [1.29, 1.82) is 0 Å². The lowest BCUT2D eigenvalue weighted by Crippen LogP contribution is -2.38. The molecule has 0 amide bonds. The molecule has 4 aromatic rings. The van der Waals surface area contributed by atoms with Gasteiger partial charge in [-0.05, 0) is 37.7 Å². The number of imidazole rings is 1. The fourth-order valence-electron chi connectivity index (χ4n) is 4.73. The summed E-state index contributed by atoms with van der Waals surface area (Å²) in [5, 5.41) is 9.21. The molecule has 0 bridgehead atoms. The Bertz CT molecular complexity index is 1450. The maximum Gasteiger partial charge on any atom is 0.332 e. The Morgan fingerprint density at radius 2 is 1.80 bits per heavy atom. The second-order valence-electron chi connectivity index (χ2n) is 9.00. The highest BCUT2D eigenvalue weighted by molar-refractivity contribution is 8.01. The minimum absolute atomic E-state index is 0.308. The fourth-order valence-corrected chi connectivity index (χ4v) is 6.54. The number of hydrogen-bond donors (Lipinski definition) is 0. The summed E-state index contributed by atoms with van der Waals surface area (Å²) in [4.78, 5) is 32.8. The molecule has 5 rings (SSSR count). The van der Waals surface area contributed by atoms with Crippen LogP contribution in [-0.2, 0) is 27.1 Å². The number of aryl methyl sites for hydroxylation is 3. The van der Waals surface area contributed by atoms with Crippen LogP contribution in [-0.4, -0.2) is 47.7 Å². The first-order valence-corrected chi connectivity index (χ1v) is 13.6. The summed E-state index contributed by atoms with van der Waals surface area (Å²) < 4.78 is 5.54. The third kappa shape index (κ3) is 4.79. The molecule has 4 heterocycles. The number of hydrogen-bond acceptors (Lipinski definition) is 8. The van der Waals surface area contributed by atoms with Gasteiger partial charge in [0.2, 0.25) is 5.95 Å². The van der Waals surface area contributed by atoms with E-state index in [-0.39, 0.29) is 11.2 Å². The van der Waals surface area contributed by atoms with Crippen LogP contribution in [0.2, 0.25) is 0 Å². The fraction of sp³-hybridized carbons (Fsp3) is 0.458. The van der Waals surface area contributed by atoms with E-state index in [4.69, 9.17) is 4.98 Å². The first-order chi connectivity index (χ1) is 16.9. The van der Waals surface area contributed by atoms with Crippen LogP contribution in [0.3, 0.4) is 0 Å². The van der Waals surface area contributed by atoms with Crippen LogP contribution >= 0.6 is 23.1 Å². The maximum absolute atomic E-state index is 13.2. The smallest absolute Gasteiger partial charge is 0.332 e. The van der Waals surface area contributed by atoms with E-state index < -0.39 is 0 Å². The third-order valence-electron chi connectivity index (χ3n) is 6.64. The summed E-state index contributed by atoms with van der Waals surface area (Å²) in [6.07, 6.45) is 3.21. The Balaban J connectivity index is 1.42. The van der Waals surface area contributed by atoms with Gasteiger partial charge in [-0.2, -0.15) is 4.98 Å². The van der Waals surface area contributed by atoms with Crippen molar-refractivity contribution in [1.82, 2.24) is 28.9 Å². The Morgan fingerprint density at radius 1 is 1.06 bits per heavy atom. The van der Waals surface area contributed by atoms with Gasteiger partial charge in [-0.15, -0.1) is 10.2 Å². The topological polar surface area (TPSA) is 90.8 Å². The average molecular weight is 512 g/mol. The standard InChI is InChI=1S/C24H29N7O2S2/c1-16-26-27-23(35-16)34-14-13-31-19-20(28(2)24(33)29(3)21(19)32)25-22(31)30-11-9-18(10-12-30)15-17-7-5-4-6-8-17/h4-8,18H,9-15H2,1-3H3. The third-order valence-corrected chi connectivity index (χ3v) is 8.59. The van der Waals surface area contributed by atoms with Gasteiger partial charge in [-0.25, -0.2) is 4.79 Å². The van der Waals surface area contributed by atoms with Crippen molar-refractivity contribution in [2.75, 3.05) is 23.7 Å². The van der Waals surface area contributed by atoms with Crippen LogP contribution < -0.4 is 16.1 Å². The predicted octanol–water partition coefficient (Wildman–Crippen LogP) is 2.85. The molecule has 0 saturated carbocycles. The zero-order valence-corrected chi connectivity index (χ0v) is 21.8. The molecule has 1 aliphatic heterocycles. The zero-order valence-electron chi connectivity index (χ0n) is 20.2. The molecule has 184 valence electrons. The Labute approximate surface area is 211 Å². The molecular formula is C24H29N7O2S2. The van der Waals surface area contributed by atoms with E-state index in [9.17, 15) is 9.59 Å². The Hall–Kier alpha value is -2.92. The number of benzene rings is 1. The van der Waals surface area contributed by atoms with E-state index in [1.54, 1.807) is 30.1 Å². The molecule has 9 nitrogen and oxygen atoms in total. The van der Waals surface area contributed by atoms with Crippen molar-refractivity contribution in [3.63, 3.8) is 0 Å². The van der Waals surface area contributed by atoms with Gasteiger partial charge in [0, 0.05) is 39.5 Å². The summed E-state index contributed by atoms with van der Waals surface area (Å²) in [6.45, 7) is 4.27. The van der Waals surface area contributed by atoms with Crippen molar-refractivity contribution in [2.45, 2.75) is 37.1 Å². The number of piperidine rings is 1. The molecule has 1 fully saturated rings. The first kappa shape index (κ1) is 23.8. The van der Waals surface area contributed by atoms with Gasteiger partial charge in [0.1, 0.15) is 5.01 Å². The first-order valence-electron chi connectivity index (χ1n) is 11.8. The second-order valence-corrected chi connectivity index (χ2v) is 11.5. The lowest BCUT2D eigenvalue weighted by atomic mass is 9.90. The van der Waals surface area contributed by atoms with Crippen LogP contribution in [0.5, 0.6) is 0 Å². The number of thioether (sulfide) groups is 1. The molecular weight excluding hydrogens is 482 g/mol. The van der Waals surface area contributed by atoms with E-state index >= 15 is 0 Å². The molecule has 1 aliphatic rings. The highest BCUT2D eigenvalue weighted by atomic mass is 32.2. The molecule has 0 spiro atoms. The van der Waals surface area contributed by atoms with Crippen molar-refractivity contribution in [3.8, 4) is 0 Å². The van der Waals surface area contributed by atoms with E-state index in [0.717, 1.165) is 58.0 Å². The van der Waals surface area contributed by atoms with Gasteiger partial charge in [0.05, 0.1) is 0 Å². The zero-order chi connectivity index (χ0) is 24.5. The number of rotatable bonds is 7. The van der Waals surface area contributed by atoms with E-state index in [0.29, 0.717) is 23.6 Å². The number of aromatic nitrogens is 6. The van der Waals surface area contributed by atoms with Crippen LogP contribution in [0.4, 0.5) is 5.95 Å². The van der Waals surface area contributed by atoms with E-state index in [2.05, 4.69) is 45.4 Å². The molecule has 1 aromatic carbocycles. The lowest BCUT2D eigenvalue weighted by molar-refractivity contribution is 0.398. The molecule has 0 N–H and O–H groups in total. The number of fused-ring (bicyclic) bond motifs is 1. The summed E-state index contributed by atoms with van der Waals surface area (Å²) in [6, 6.07) is 10.6. The van der Waals surface area contributed by atoms with Crippen LogP contribution in [0, 0.1) is 12.8 Å². The molecule has 11 heteroatoms. The minimum atomic E-state index is -0.362. The van der Waals surface area contributed by atoms with Crippen molar-refractivity contribution < 1.29 is 0 Å². The average Bonchev–Trinajstić information content (AvgIpc) is 3.46. The van der Waals surface area contributed by atoms with Gasteiger partial charge in [-0.1, -0.05) is 53.4 Å². The van der Waals surface area contributed by atoms with Gasteiger partial charge in [0.25, 0.3) is 5.56 Å². The van der Waals surface area contributed by atoms with Crippen molar-refractivity contribution >= 4 is 40.2 Å². The number of anilines is 1. The quantitative estimate of drug-likeness (QED) is 0.353. The molecule has 3 aromatic heterocycles. The van der Waals surface area contributed by atoms with E-state index in [1.165, 1.54) is 17.2 Å². The highest BCUT2D eigenvalue weighted by Gasteiger charge is 2.26. The van der Waals surface area contributed by atoms with Gasteiger partial charge in [0.15, 0.2) is 15.5 Å². The SMILES string of the molecule is Cc1nnc(SCCn2c(N3CCC(Cc4ccccc4)CC3)nc3c2c(=O)n(C)c(=O)n3C)s1. The molecule has 0 unspecified atom stereocenters. The second kappa shape index (κ2) is 9.98. The van der Waals surface area contributed by atoms with Gasteiger partial charge >= 0.3 is 5.69 Å². The molecule has 35 heavy (non-hydrogen) atoms. The minimum Gasteiger partial charge on any atom is -0.342 e.